The van der Waals surface area contributed by atoms with Crippen molar-refractivity contribution >= 4 is 23.6 Å². The van der Waals surface area contributed by atoms with Crippen LogP contribution in [0.1, 0.15) is 30.1 Å². The van der Waals surface area contributed by atoms with Crippen molar-refractivity contribution in [2.75, 3.05) is 13.1 Å². The van der Waals surface area contributed by atoms with Crippen molar-refractivity contribution in [2.45, 2.75) is 36.2 Å². The van der Waals surface area contributed by atoms with Crippen molar-refractivity contribution in [1.82, 2.24) is 19.7 Å². The van der Waals surface area contributed by atoms with Gasteiger partial charge in [0.15, 0.2) is 16.7 Å². The molecule has 0 saturated carbocycles. The SMILES string of the molecule is NC(=O)CCn1c(SC(C(=O)N2CCCC2)c2ccccc2)nnc1-c1ccco1. The van der Waals surface area contributed by atoms with E-state index in [9.17, 15) is 9.59 Å². The average molecular weight is 426 g/mol. The van der Waals surface area contributed by atoms with Crippen LogP contribution < -0.4 is 5.73 Å². The first-order valence-electron chi connectivity index (χ1n) is 9.89. The van der Waals surface area contributed by atoms with E-state index in [0.717, 1.165) is 31.5 Å². The number of primary amides is 1. The number of aromatic nitrogens is 3. The summed E-state index contributed by atoms with van der Waals surface area (Å²) in [5.74, 6) is 0.690. The molecule has 1 fully saturated rings. The fourth-order valence-electron chi connectivity index (χ4n) is 3.49. The average Bonchev–Trinajstić information content (AvgIpc) is 3.52. The molecule has 2 amide bonds. The predicted octanol–water partition coefficient (Wildman–Crippen LogP) is 2.87. The molecule has 2 N–H and O–H groups in total. The number of carbonyl (C=O) groups is 2. The largest absolute Gasteiger partial charge is 0.461 e. The van der Waals surface area contributed by atoms with Crippen LogP contribution in [0.25, 0.3) is 11.6 Å². The summed E-state index contributed by atoms with van der Waals surface area (Å²) in [6, 6.07) is 13.2. The van der Waals surface area contributed by atoms with E-state index in [4.69, 9.17) is 10.2 Å². The van der Waals surface area contributed by atoms with E-state index in [-0.39, 0.29) is 12.3 Å². The Labute approximate surface area is 178 Å². The van der Waals surface area contributed by atoms with Gasteiger partial charge in [-0.25, -0.2) is 0 Å². The van der Waals surface area contributed by atoms with Gasteiger partial charge in [0.1, 0.15) is 5.25 Å². The van der Waals surface area contributed by atoms with Crippen molar-refractivity contribution < 1.29 is 14.0 Å². The number of carbonyl (C=O) groups excluding carboxylic acids is 2. The van der Waals surface area contributed by atoms with Crippen LogP contribution in [-0.2, 0) is 16.1 Å². The Morgan fingerprint density at radius 3 is 2.53 bits per heavy atom. The lowest BCUT2D eigenvalue weighted by Gasteiger charge is -2.23. The molecule has 0 spiro atoms. The highest BCUT2D eigenvalue weighted by Crippen LogP contribution is 2.38. The first kappa shape index (κ1) is 20.2. The molecular weight excluding hydrogens is 402 g/mol. The molecule has 30 heavy (non-hydrogen) atoms. The molecule has 1 aliphatic heterocycles. The number of amides is 2. The molecule has 1 aliphatic rings. The fraction of sp³-hybridized carbons (Fsp3) is 0.333. The maximum absolute atomic E-state index is 13.3. The molecule has 3 heterocycles. The Morgan fingerprint density at radius 1 is 1.10 bits per heavy atom. The van der Waals surface area contributed by atoms with Crippen LogP contribution in [0.5, 0.6) is 0 Å². The molecule has 8 nitrogen and oxygen atoms in total. The van der Waals surface area contributed by atoms with Gasteiger partial charge in [-0.05, 0) is 30.5 Å². The van der Waals surface area contributed by atoms with Gasteiger partial charge in [-0.3, -0.25) is 14.2 Å². The van der Waals surface area contributed by atoms with Gasteiger partial charge < -0.3 is 15.1 Å². The molecule has 1 saturated heterocycles. The van der Waals surface area contributed by atoms with Gasteiger partial charge >= 0.3 is 0 Å². The molecule has 9 heteroatoms. The monoisotopic (exact) mass is 425 g/mol. The van der Waals surface area contributed by atoms with Gasteiger partial charge in [-0.1, -0.05) is 42.1 Å². The molecule has 4 rings (SSSR count). The summed E-state index contributed by atoms with van der Waals surface area (Å²) in [5.41, 5.74) is 6.27. The van der Waals surface area contributed by atoms with Crippen molar-refractivity contribution in [3.8, 4) is 11.6 Å². The zero-order valence-corrected chi connectivity index (χ0v) is 17.3. The third kappa shape index (κ3) is 4.40. The van der Waals surface area contributed by atoms with Crippen LogP contribution in [0.3, 0.4) is 0 Å². The zero-order chi connectivity index (χ0) is 20.9. The van der Waals surface area contributed by atoms with Gasteiger partial charge in [0, 0.05) is 26.1 Å². The minimum atomic E-state index is -0.453. The minimum Gasteiger partial charge on any atom is -0.461 e. The molecule has 0 bridgehead atoms. The van der Waals surface area contributed by atoms with Crippen molar-refractivity contribution in [3.63, 3.8) is 0 Å². The molecular formula is C21H23N5O3S. The highest BCUT2D eigenvalue weighted by atomic mass is 32.2. The van der Waals surface area contributed by atoms with Crippen LogP contribution in [0, 0.1) is 0 Å². The summed E-state index contributed by atoms with van der Waals surface area (Å²) < 4.78 is 7.27. The summed E-state index contributed by atoms with van der Waals surface area (Å²) in [6.45, 7) is 1.85. The topological polar surface area (TPSA) is 107 Å². The lowest BCUT2D eigenvalue weighted by atomic mass is 10.1. The number of furan rings is 1. The molecule has 1 atom stereocenters. The normalized spacial score (nSPS) is 14.7. The van der Waals surface area contributed by atoms with Crippen LogP contribution in [0.2, 0.25) is 0 Å². The molecule has 2 aromatic heterocycles. The minimum absolute atomic E-state index is 0.0627. The van der Waals surface area contributed by atoms with Crippen LogP contribution in [-0.4, -0.2) is 44.6 Å². The standard InChI is InChI=1S/C21H23N5O3S/c22-17(27)10-13-26-19(16-9-6-14-29-16)23-24-21(26)30-18(15-7-2-1-3-8-15)20(28)25-11-4-5-12-25/h1-3,6-9,14,18H,4-5,10-13H2,(H2,22,27). The number of nitrogens with zero attached hydrogens (tertiary/aromatic N) is 4. The Balaban J connectivity index is 1.68. The second kappa shape index (κ2) is 9.17. The quantitative estimate of drug-likeness (QED) is 0.556. The molecule has 0 aliphatic carbocycles. The van der Waals surface area contributed by atoms with Gasteiger partial charge in [0.2, 0.25) is 11.8 Å². The lowest BCUT2D eigenvalue weighted by Crippen LogP contribution is -2.31. The van der Waals surface area contributed by atoms with Crippen LogP contribution in [0.4, 0.5) is 0 Å². The van der Waals surface area contributed by atoms with E-state index in [1.54, 1.807) is 23.0 Å². The van der Waals surface area contributed by atoms with E-state index in [2.05, 4.69) is 10.2 Å². The Bertz CT molecular complexity index is 997. The number of nitrogens with two attached hydrogens (primary N) is 1. The number of likely N-dealkylation sites (tertiary alicyclic amines) is 1. The maximum Gasteiger partial charge on any atom is 0.240 e. The Morgan fingerprint density at radius 2 is 1.87 bits per heavy atom. The van der Waals surface area contributed by atoms with Gasteiger partial charge in [0.05, 0.1) is 6.26 Å². The number of thioether (sulfide) groups is 1. The number of hydrogen-bond donors (Lipinski definition) is 1. The number of benzene rings is 1. The smallest absolute Gasteiger partial charge is 0.240 e. The summed E-state index contributed by atoms with van der Waals surface area (Å²) in [6.07, 6.45) is 3.74. The molecule has 0 radical (unpaired) electrons. The second-order valence-electron chi connectivity index (χ2n) is 7.09. The number of rotatable bonds is 8. The van der Waals surface area contributed by atoms with Gasteiger partial charge in [0.25, 0.3) is 0 Å². The molecule has 1 unspecified atom stereocenters. The highest BCUT2D eigenvalue weighted by molar-refractivity contribution is 8.00. The first-order chi connectivity index (χ1) is 14.6. The Hall–Kier alpha value is -3.07. The van der Waals surface area contributed by atoms with E-state index in [1.807, 2.05) is 35.2 Å². The van der Waals surface area contributed by atoms with Gasteiger partial charge in [-0.2, -0.15) is 0 Å². The third-order valence-electron chi connectivity index (χ3n) is 5.01. The van der Waals surface area contributed by atoms with Crippen LogP contribution in [0.15, 0.2) is 58.3 Å². The zero-order valence-electron chi connectivity index (χ0n) is 16.4. The number of hydrogen-bond acceptors (Lipinski definition) is 6. The fourth-order valence-corrected chi connectivity index (χ4v) is 4.63. The van der Waals surface area contributed by atoms with Gasteiger partial charge in [-0.15, -0.1) is 10.2 Å². The van der Waals surface area contributed by atoms with E-state index >= 15 is 0 Å². The van der Waals surface area contributed by atoms with Crippen molar-refractivity contribution in [1.29, 1.82) is 0 Å². The summed E-state index contributed by atoms with van der Waals surface area (Å²) in [4.78, 5) is 26.6. The third-order valence-corrected chi connectivity index (χ3v) is 6.23. The second-order valence-corrected chi connectivity index (χ2v) is 8.16. The molecule has 3 aromatic rings. The summed E-state index contributed by atoms with van der Waals surface area (Å²) >= 11 is 1.34. The summed E-state index contributed by atoms with van der Waals surface area (Å²) in [7, 11) is 0. The van der Waals surface area contributed by atoms with E-state index in [1.165, 1.54) is 11.8 Å². The van der Waals surface area contributed by atoms with E-state index in [0.29, 0.717) is 23.3 Å². The molecule has 156 valence electrons. The van der Waals surface area contributed by atoms with Crippen molar-refractivity contribution in [2.24, 2.45) is 5.73 Å². The predicted molar refractivity (Wildman–Crippen MR) is 112 cm³/mol. The highest BCUT2D eigenvalue weighted by Gasteiger charge is 2.31. The lowest BCUT2D eigenvalue weighted by molar-refractivity contribution is -0.129. The van der Waals surface area contributed by atoms with E-state index < -0.39 is 11.2 Å². The molecule has 1 aromatic carbocycles. The Kier molecular flexibility index (Phi) is 6.18. The van der Waals surface area contributed by atoms with Crippen LogP contribution >= 0.6 is 11.8 Å². The maximum atomic E-state index is 13.3. The first-order valence-corrected chi connectivity index (χ1v) is 10.8. The van der Waals surface area contributed by atoms with Crippen molar-refractivity contribution in [3.05, 3.63) is 54.3 Å². The summed E-state index contributed by atoms with van der Waals surface area (Å²) in [5, 5.41) is 8.67.